The molecule has 0 heterocycles. The third-order valence-electron chi connectivity index (χ3n) is 2.78. The molecule has 0 aliphatic rings. The van der Waals surface area contributed by atoms with Crippen molar-refractivity contribution in [3.8, 4) is 0 Å². The Balaban J connectivity index is 2.19. The number of rotatable bonds is 7. The van der Waals surface area contributed by atoms with Crippen LogP contribution in [-0.2, 0) is 16.0 Å². The molecule has 2 amide bonds. The first-order valence-electron chi connectivity index (χ1n) is 6.85. The number of benzene rings is 1. The Labute approximate surface area is 119 Å². The van der Waals surface area contributed by atoms with Gasteiger partial charge in [-0.3, -0.25) is 4.79 Å². The molecule has 0 radical (unpaired) electrons. The lowest BCUT2D eigenvalue weighted by atomic mass is 10.1. The van der Waals surface area contributed by atoms with E-state index in [0.717, 1.165) is 12.8 Å². The molecule has 5 nitrogen and oxygen atoms in total. The maximum absolute atomic E-state index is 11.5. The molecule has 1 rings (SSSR count). The molecule has 0 saturated heterocycles. The first kappa shape index (κ1) is 16.0. The highest BCUT2D eigenvalue weighted by atomic mass is 16.5. The number of urea groups is 1. The zero-order chi connectivity index (χ0) is 14.8. The van der Waals surface area contributed by atoms with E-state index >= 15 is 0 Å². The number of carbonyl (C=O) groups is 2. The normalized spacial score (nSPS) is 11.5. The summed E-state index contributed by atoms with van der Waals surface area (Å²) in [7, 11) is 0. The van der Waals surface area contributed by atoms with Crippen molar-refractivity contribution < 1.29 is 14.3 Å². The minimum atomic E-state index is -0.431. The van der Waals surface area contributed by atoms with Crippen LogP contribution in [0.25, 0.3) is 0 Å². The summed E-state index contributed by atoms with van der Waals surface area (Å²) in [6.07, 6.45) is 1.75. The van der Waals surface area contributed by atoms with Crippen LogP contribution in [0.3, 0.4) is 0 Å². The van der Waals surface area contributed by atoms with Crippen LogP contribution in [0.5, 0.6) is 0 Å². The fourth-order valence-corrected chi connectivity index (χ4v) is 1.74. The number of hydrogen-bond donors (Lipinski definition) is 2. The Morgan fingerprint density at radius 3 is 2.60 bits per heavy atom. The second kappa shape index (κ2) is 8.96. The number of esters is 1. The lowest BCUT2D eigenvalue weighted by Crippen LogP contribution is -2.43. The molecule has 0 aromatic heterocycles. The van der Waals surface area contributed by atoms with Crippen LogP contribution in [0, 0.1) is 0 Å². The zero-order valence-corrected chi connectivity index (χ0v) is 12.0. The Morgan fingerprint density at radius 2 is 1.95 bits per heavy atom. The van der Waals surface area contributed by atoms with E-state index in [-0.39, 0.29) is 18.6 Å². The molecular formula is C15H22N2O3. The summed E-state index contributed by atoms with van der Waals surface area (Å²) < 4.78 is 4.72. The smallest absolute Gasteiger partial charge is 0.325 e. The monoisotopic (exact) mass is 278 g/mol. The molecule has 1 unspecified atom stereocenters. The highest BCUT2D eigenvalue weighted by Crippen LogP contribution is 2.04. The van der Waals surface area contributed by atoms with Crippen molar-refractivity contribution in [2.45, 2.75) is 32.7 Å². The number of hydrogen-bond acceptors (Lipinski definition) is 3. The molecule has 5 heteroatoms. The largest absolute Gasteiger partial charge is 0.465 e. The van der Waals surface area contributed by atoms with Crippen molar-refractivity contribution in [3.63, 3.8) is 0 Å². The highest BCUT2D eigenvalue weighted by molar-refractivity contribution is 5.80. The van der Waals surface area contributed by atoms with Gasteiger partial charge in [-0.2, -0.15) is 0 Å². The van der Waals surface area contributed by atoms with Crippen molar-refractivity contribution in [3.05, 3.63) is 35.9 Å². The molecule has 0 aliphatic heterocycles. The van der Waals surface area contributed by atoms with Crippen molar-refractivity contribution in [1.29, 1.82) is 0 Å². The van der Waals surface area contributed by atoms with Crippen LogP contribution in [-0.4, -0.2) is 31.2 Å². The van der Waals surface area contributed by atoms with Gasteiger partial charge in [0.2, 0.25) is 0 Å². The third kappa shape index (κ3) is 6.78. The molecule has 20 heavy (non-hydrogen) atoms. The molecule has 1 aromatic carbocycles. The Bertz CT molecular complexity index is 420. The molecule has 0 fully saturated rings. The summed E-state index contributed by atoms with van der Waals surface area (Å²) in [5, 5.41) is 5.26. The maximum Gasteiger partial charge on any atom is 0.325 e. The van der Waals surface area contributed by atoms with Crippen LogP contribution < -0.4 is 10.6 Å². The van der Waals surface area contributed by atoms with Crippen molar-refractivity contribution in [1.82, 2.24) is 10.6 Å². The van der Waals surface area contributed by atoms with Crippen molar-refractivity contribution in [2.24, 2.45) is 0 Å². The topological polar surface area (TPSA) is 67.4 Å². The Morgan fingerprint density at radius 1 is 1.25 bits per heavy atom. The third-order valence-corrected chi connectivity index (χ3v) is 2.78. The van der Waals surface area contributed by atoms with E-state index in [1.165, 1.54) is 5.56 Å². The molecule has 0 spiro atoms. The summed E-state index contributed by atoms with van der Waals surface area (Å²) in [6.45, 7) is 3.87. The van der Waals surface area contributed by atoms with Crippen LogP contribution in [0.15, 0.2) is 30.3 Å². The summed E-state index contributed by atoms with van der Waals surface area (Å²) in [4.78, 5) is 22.6. The molecule has 1 atom stereocenters. The van der Waals surface area contributed by atoms with Gasteiger partial charge in [0.25, 0.3) is 0 Å². The predicted octanol–water partition coefficient (Wildman–Crippen LogP) is 1.87. The van der Waals surface area contributed by atoms with E-state index < -0.39 is 5.97 Å². The van der Waals surface area contributed by atoms with Gasteiger partial charge in [-0.15, -0.1) is 0 Å². The predicted molar refractivity (Wildman–Crippen MR) is 77.4 cm³/mol. The molecular weight excluding hydrogens is 256 g/mol. The van der Waals surface area contributed by atoms with E-state index in [0.29, 0.717) is 6.61 Å². The quantitative estimate of drug-likeness (QED) is 0.748. The minimum absolute atomic E-state index is 0.0393. The van der Waals surface area contributed by atoms with E-state index in [9.17, 15) is 9.59 Å². The fourth-order valence-electron chi connectivity index (χ4n) is 1.74. The number of aryl methyl sites for hydroxylation is 1. The van der Waals surface area contributed by atoms with Gasteiger partial charge in [-0.1, -0.05) is 30.3 Å². The maximum atomic E-state index is 11.5. The second-order valence-electron chi connectivity index (χ2n) is 4.56. The molecule has 0 saturated carbocycles. The lowest BCUT2D eigenvalue weighted by molar-refractivity contribution is -0.141. The molecule has 0 aliphatic carbocycles. The molecule has 2 N–H and O–H groups in total. The van der Waals surface area contributed by atoms with Gasteiger partial charge in [0, 0.05) is 6.04 Å². The number of amides is 2. The standard InChI is InChI=1S/C15H22N2O3/c1-3-20-14(18)11-16-15(19)17-12(2)9-10-13-7-5-4-6-8-13/h4-8,12H,3,9-11H2,1-2H3,(H2,16,17,19). The summed E-state index contributed by atoms with van der Waals surface area (Å²) in [5.41, 5.74) is 1.24. The first-order chi connectivity index (χ1) is 9.61. The van der Waals surface area contributed by atoms with Gasteiger partial charge >= 0.3 is 12.0 Å². The Kier molecular flexibility index (Phi) is 7.17. The molecule has 1 aromatic rings. The minimum Gasteiger partial charge on any atom is -0.465 e. The molecule has 0 bridgehead atoms. The zero-order valence-electron chi connectivity index (χ0n) is 12.0. The average molecular weight is 278 g/mol. The summed E-state index contributed by atoms with van der Waals surface area (Å²) in [6, 6.07) is 9.80. The van der Waals surface area contributed by atoms with E-state index in [1.54, 1.807) is 6.92 Å². The van der Waals surface area contributed by atoms with Crippen LogP contribution >= 0.6 is 0 Å². The van der Waals surface area contributed by atoms with E-state index in [2.05, 4.69) is 22.8 Å². The van der Waals surface area contributed by atoms with Crippen molar-refractivity contribution in [2.75, 3.05) is 13.2 Å². The summed E-state index contributed by atoms with van der Waals surface area (Å²) in [5.74, 6) is -0.431. The first-order valence-corrected chi connectivity index (χ1v) is 6.85. The average Bonchev–Trinajstić information content (AvgIpc) is 2.44. The van der Waals surface area contributed by atoms with Gasteiger partial charge in [0.15, 0.2) is 0 Å². The van der Waals surface area contributed by atoms with Crippen LogP contribution in [0.2, 0.25) is 0 Å². The van der Waals surface area contributed by atoms with E-state index in [1.807, 2.05) is 25.1 Å². The van der Waals surface area contributed by atoms with Gasteiger partial charge in [0.05, 0.1) is 6.61 Å². The van der Waals surface area contributed by atoms with Crippen molar-refractivity contribution >= 4 is 12.0 Å². The highest BCUT2D eigenvalue weighted by Gasteiger charge is 2.09. The van der Waals surface area contributed by atoms with Crippen LogP contribution in [0.1, 0.15) is 25.8 Å². The lowest BCUT2D eigenvalue weighted by Gasteiger charge is -2.14. The number of carbonyl (C=O) groups excluding carboxylic acids is 2. The fraction of sp³-hybridized carbons (Fsp3) is 0.467. The van der Waals surface area contributed by atoms with Crippen LogP contribution in [0.4, 0.5) is 4.79 Å². The summed E-state index contributed by atoms with van der Waals surface area (Å²) >= 11 is 0. The SMILES string of the molecule is CCOC(=O)CNC(=O)NC(C)CCc1ccccc1. The second-order valence-corrected chi connectivity index (χ2v) is 4.56. The van der Waals surface area contributed by atoms with Gasteiger partial charge in [-0.05, 0) is 32.3 Å². The Hall–Kier alpha value is -2.04. The van der Waals surface area contributed by atoms with Gasteiger partial charge in [-0.25, -0.2) is 4.79 Å². The van der Waals surface area contributed by atoms with Gasteiger partial charge in [0.1, 0.15) is 6.54 Å². The van der Waals surface area contributed by atoms with E-state index in [4.69, 9.17) is 4.74 Å². The molecule has 110 valence electrons. The van der Waals surface area contributed by atoms with Gasteiger partial charge < -0.3 is 15.4 Å². The number of nitrogens with one attached hydrogen (secondary N) is 2. The number of ether oxygens (including phenoxy) is 1.